The van der Waals surface area contributed by atoms with Crippen LogP contribution in [0.5, 0.6) is 0 Å². The second-order valence-electron chi connectivity index (χ2n) is 3.55. The van der Waals surface area contributed by atoms with E-state index in [0.29, 0.717) is 0 Å². The Bertz CT molecular complexity index is 317. The van der Waals surface area contributed by atoms with Gasteiger partial charge in [0.25, 0.3) is 0 Å². The predicted octanol–water partition coefficient (Wildman–Crippen LogP) is 3.26. The zero-order valence-electron chi connectivity index (χ0n) is 7.50. The summed E-state index contributed by atoms with van der Waals surface area (Å²) in [6.45, 7) is 3.88. The smallest absolute Gasteiger partial charge is 0.304 e. The van der Waals surface area contributed by atoms with E-state index in [-0.39, 0.29) is 11.8 Å². The van der Waals surface area contributed by atoms with Crippen molar-refractivity contribution >= 4 is 33.2 Å². The fourth-order valence-electron chi connectivity index (χ4n) is 1.23. The Balaban J connectivity index is 2.93. The van der Waals surface area contributed by atoms with Gasteiger partial charge >= 0.3 is 5.97 Å². The molecule has 0 fully saturated rings. The molecule has 0 unspecified atom stereocenters. The number of carbonyl (C=O) groups is 1. The van der Waals surface area contributed by atoms with Gasteiger partial charge in [-0.05, 0) is 27.4 Å². The Morgan fingerprint density at radius 3 is 2.69 bits per heavy atom. The van der Waals surface area contributed by atoms with E-state index < -0.39 is 5.97 Å². The Kier molecular flexibility index (Phi) is 3.14. The maximum absolute atomic E-state index is 10.6. The molecule has 4 heteroatoms. The number of carboxylic acids is 1. The van der Waals surface area contributed by atoms with Crippen LogP contribution in [0, 0.1) is 0 Å². The molecule has 0 aliphatic heterocycles. The number of carboxylic acid groups (broad SMARTS) is 1. The minimum atomic E-state index is -0.759. The van der Waals surface area contributed by atoms with Gasteiger partial charge in [-0.15, -0.1) is 11.3 Å². The monoisotopic (exact) mass is 262 g/mol. The summed E-state index contributed by atoms with van der Waals surface area (Å²) in [5, 5.41) is 10.7. The van der Waals surface area contributed by atoms with Crippen LogP contribution < -0.4 is 0 Å². The number of rotatable bonds is 3. The molecule has 1 heterocycles. The fraction of sp³-hybridized carbons (Fsp3) is 0.444. The Labute approximate surface area is 89.7 Å². The van der Waals surface area contributed by atoms with Crippen LogP contribution in [-0.2, 0) is 10.2 Å². The topological polar surface area (TPSA) is 37.3 Å². The van der Waals surface area contributed by atoms with Crippen molar-refractivity contribution in [3.05, 3.63) is 20.8 Å². The van der Waals surface area contributed by atoms with Crippen LogP contribution >= 0.6 is 27.3 Å². The first-order chi connectivity index (χ1) is 5.93. The summed E-state index contributed by atoms with van der Waals surface area (Å²) in [5.41, 5.74) is -0.293. The third kappa shape index (κ3) is 2.54. The molecule has 0 amide bonds. The normalized spacial score (nSPS) is 11.6. The zero-order valence-corrected chi connectivity index (χ0v) is 9.91. The second-order valence-corrected chi connectivity index (χ2v) is 5.32. The molecule has 1 aromatic heterocycles. The summed E-state index contributed by atoms with van der Waals surface area (Å²) in [4.78, 5) is 11.7. The quantitative estimate of drug-likeness (QED) is 0.908. The van der Waals surface area contributed by atoms with Gasteiger partial charge in [-0.3, -0.25) is 4.79 Å². The molecule has 72 valence electrons. The predicted molar refractivity (Wildman–Crippen MR) is 57.3 cm³/mol. The van der Waals surface area contributed by atoms with Crippen molar-refractivity contribution in [3.8, 4) is 0 Å². The van der Waals surface area contributed by atoms with Crippen LogP contribution in [0.1, 0.15) is 25.1 Å². The average Bonchev–Trinajstić information content (AvgIpc) is 2.32. The van der Waals surface area contributed by atoms with Crippen LogP contribution in [0.25, 0.3) is 0 Å². The molecule has 13 heavy (non-hydrogen) atoms. The van der Waals surface area contributed by atoms with Crippen LogP contribution in [0.2, 0.25) is 0 Å². The Morgan fingerprint density at radius 1 is 1.69 bits per heavy atom. The molecular weight excluding hydrogens is 252 g/mol. The molecule has 0 radical (unpaired) electrons. The molecular formula is C9H11BrO2S. The molecule has 0 atom stereocenters. The molecule has 0 aliphatic rings. The first-order valence-electron chi connectivity index (χ1n) is 3.89. The van der Waals surface area contributed by atoms with Gasteiger partial charge in [0.15, 0.2) is 0 Å². The Morgan fingerprint density at radius 2 is 2.31 bits per heavy atom. The summed E-state index contributed by atoms with van der Waals surface area (Å²) in [7, 11) is 0. The van der Waals surface area contributed by atoms with Gasteiger partial charge in [-0.2, -0.15) is 0 Å². The van der Waals surface area contributed by atoms with E-state index in [1.54, 1.807) is 11.3 Å². The molecule has 0 saturated carbocycles. The number of hydrogen-bond donors (Lipinski definition) is 1. The van der Waals surface area contributed by atoms with E-state index in [1.807, 2.05) is 25.3 Å². The largest absolute Gasteiger partial charge is 0.481 e. The number of thiophene rings is 1. The highest BCUT2D eigenvalue weighted by atomic mass is 79.9. The zero-order chi connectivity index (χ0) is 10.1. The maximum atomic E-state index is 10.6. The molecule has 1 rings (SSSR count). The fourth-order valence-corrected chi connectivity index (χ4v) is 3.27. The van der Waals surface area contributed by atoms with Crippen molar-refractivity contribution in [1.29, 1.82) is 0 Å². The lowest BCUT2D eigenvalue weighted by molar-refractivity contribution is -0.138. The lowest BCUT2D eigenvalue weighted by Crippen LogP contribution is -2.20. The van der Waals surface area contributed by atoms with Crippen LogP contribution in [0.4, 0.5) is 0 Å². The SMILES string of the molecule is CC(C)(CC(=O)O)c1sccc1Br. The van der Waals surface area contributed by atoms with Crippen molar-refractivity contribution in [3.63, 3.8) is 0 Å². The van der Waals surface area contributed by atoms with Gasteiger partial charge in [0.2, 0.25) is 0 Å². The van der Waals surface area contributed by atoms with Crippen molar-refractivity contribution < 1.29 is 9.90 Å². The molecule has 0 aliphatic carbocycles. The van der Waals surface area contributed by atoms with E-state index in [1.165, 1.54) is 0 Å². The average molecular weight is 263 g/mol. The highest BCUT2D eigenvalue weighted by molar-refractivity contribution is 9.10. The Hall–Kier alpha value is -0.350. The minimum absolute atomic E-state index is 0.159. The lowest BCUT2D eigenvalue weighted by Gasteiger charge is -2.21. The molecule has 0 aromatic carbocycles. The van der Waals surface area contributed by atoms with Crippen LogP contribution in [0.3, 0.4) is 0 Å². The van der Waals surface area contributed by atoms with Gasteiger partial charge < -0.3 is 5.11 Å². The van der Waals surface area contributed by atoms with Gasteiger partial charge in [0.1, 0.15) is 0 Å². The van der Waals surface area contributed by atoms with Gasteiger partial charge in [-0.25, -0.2) is 0 Å². The first-order valence-corrected chi connectivity index (χ1v) is 5.56. The van der Waals surface area contributed by atoms with Crippen molar-refractivity contribution in [2.24, 2.45) is 0 Å². The molecule has 0 bridgehead atoms. The molecule has 0 saturated heterocycles. The third-order valence-electron chi connectivity index (χ3n) is 1.83. The van der Waals surface area contributed by atoms with Gasteiger partial charge in [0.05, 0.1) is 6.42 Å². The van der Waals surface area contributed by atoms with E-state index in [2.05, 4.69) is 15.9 Å². The first kappa shape index (κ1) is 10.7. The number of aliphatic carboxylic acids is 1. The summed E-state index contributed by atoms with van der Waals surface area (Å²) >= 11 is 5.00. The maximum Gasteiger partial charge on any atom is 0.304 e. The highest BCUT2D eigenvalue weighted by Crippen LogP contribution is 2.36. The van der Waals surface area contributed by atoms with E-state index >= 15 is 0 Å². The molecule has 1 aromatic rings. The van der Waals surface area contributed by atoms with E-state index in [0.717, 1.165) is 9.35 Å². The third-order valence-corrected chi connectivity index (χ3v) is 4.03. The summed E-state index contributed by atoms with van der Waals surface area (Å²) in [6.07, 6.45) is 0.159. The summed E-state index contributed by atoms with van der Waals surface area (Å²) in [6, 6.07) is 1.95. The molecule has 1 N–H and O–H groups in total. The van der Waals surface area contributed by atoms with E-state index in [4.69, 9.17) is 5.11 Å². The standard InChI is InChI=1S/C9H11BrO2S/c1-9(2,5-7(11)12)8-6(10)3-4-13-8/h3-4H,5H2,1-2H3,(H,11,12). The minimum Gasteiger partial charge on any atom is -0.481 e. The molecule has 2 nitrogen and oxygen atoms in total. The summed E-state index contributed by atoms with van der Waals surface area (Å²) < 4.78 is 1.00. The number of halogens is 1. The number of hydrogen-bond acceptors (Lipinski definition) is 2. The highest BCUT2D eigenvalue weighted by Gasteiger charge is 2.27. The van der Waals surface area contributed by atoms with Crippen molar-refractivity contribution in [1.82, 2.24) is 0 Å². The van der Waals surface area contributed by atoms with Crippen LogP contribution in [-0.4, -0.2) is 11.1 Å². The van der Waals surface area contributed by atoms with Gasteiger partial charge in [0, 0.05) is 14.8 Å². The second kappa shape index (κ2) is 3.80. The van der Waals surface area contributed by atoms with Crippen LogP contribution in [0.15, 0.2) is 15.9 Å². The lowest BCUT2D eigenvalue weighted by atomic mass is 9.88. The molecule has 0 spiro atoms. The summed E-state index contributed by atoms with van der Waals surface area (Å²) in [5.74, 6) is -0.759. The van der Waals surface area contributed by atoms with Crippen molar-refractivity contribution in [2.45, 2.75) is 25.7 Å². The van der Waals surface area contributed by atoms with Gasteiger partial charge in [-0.1, -0.05) is 13.8 Å². The van der Waals surface area contributed by atoms with E-state index in [9.17, 15) is 4.79 Å². The van der Waals surface area contributed by atoms with Crippen molar-refractivity contribution in [2.75, 3.05) is 0 Å².